The van der Waals surface area contributed by atoms with Gasteiger partial charge in [0.05, 0.1) is 21.5 Å². The van der Waals surface area contributed by atoms with E-state index >= 15 is 0 Å². The zero-order valence-electron chi connectivity index (χ0n) is 36.7. The van der Waals surface area contributed by atoms with Crippen molar-refractivity contribution in [2.24, 2.45) is 0 Å². The second-order valence-corrected chi connectivity index (χ2v) is 18.5. The van der Waals surface area contributed by atoms with E-state index in [9.17, 15) is 0 Å². The summed E-state index contributed by atoms with van der Waals surface area (Å²) in [5.41, 5.74) is 17.7. The third-order valence-electron chi connectivity index (χ3n) is 13.9. The van der Waals surface area contributed by atoms with Gasteiger partial charge >= 0.3 is 0 Å². The number of hydrogen-bond donors (Lipinski definition) is 0. The number of fused-ring (bicyclic) bond motifs is 7. The molecule has 0 N–H and O–H groups in total. The molecule has 0 spiro atoms. The molecular weight excluding hydrogens is 827 g/mol. The molecule has 0 aliphatic heterocycles. The van der Waals surface area contributed by atoms with Crippen LogP contribution in [0.4, 0.5) is 17.1 Å². The molecule has 2 heteroatoms. The Kier molecular flexibility index (Phi) is 9.33. The molecule has 0 fully saturated rings. The van der Waals surface area contributed by atoms with E-state index < -0.39 is 5.41 Å². The maximum absolute atomic E-state index is 2.56. The van der Waals surface area contributed by atoms with Crippen molar-refractivity contribution in [3.05, 3.63) is 283 Å². The van der Waals surface area contributed by atoms with Crippen LogP contribution in [0.15, 0.2) is 261 Å². The maximum atomic E-state index is 2.56. The fourth-order valence-electron chi connectivity index (χ4n) is 11.0. The second-order valence-electron chi connectivity index (χ2n) is 17.5. The average Bonchev–Trinajstić information content (AvgIpc) is 3.95. The van der Waals surface area contributed by atoms with E-state index in [0.717, 1.165) is 17.1 Å². The molecule has 12 aromatic rings. The molecule has 0 bridgehead atoms. The summed E-state index contributed by atoms with van der Waals surface area (Å²) in [5.74, 6) is 0. The van der Waals surface area contributed by atoms with Crippen LogP contribution >= 0.6 is 11.3 Å². The fourth-order valence-corrected chi connectivity index (χ4v) is 12.4. The van der Waals surface area contributed by atoms with Crippen molar-refractivity contribution in [1.82, 2.24) is 0 Å². The zero-order chi connectivity index (χ0) is 44.3. The summed E-state index contributed by atoms with van der Waals surface area (Å²) in [4.78, 5) is 2.56. The van der Waals surface area contributed by atoms with E-state index in [1.54, 1.807) is 0 Å². The zero-order valence-corrected chi connectivity index (χ0v) is 37.5. The lowest BCUT2D eigenvalue weighted by Crippen LogP contribution is -2.28. The van der Waals surface area contributed by atoms with Gasteiger partial charge in [0.2, 0.25) is 0 Å². The Labute approximate surface area is 395 Å². The van der Waals surface area contributed by atoms with Crippen LogP contribution in [0, 0.1) is 0 Å². The van der Waals surface area contributed by atoms with E-state index in [1.807, 2.05) is 11.3 Å². The topological polar surface area (TPSA) is 3.24 Å². The van der Waals surface area contributed by atoms with Gasteiger partial charge in [0.25, 0.3) is 0 Å². The first-order valence-electron chi connectivity index (χ1n) is 23.1. The molecule has 1 aromatic heterocycles. The lowest BCUT2D eigenvalue weighted by Gasteiger charge is -2.34. The quantitative estimate of drug-likeness (QED) is 0.147. The Bertz CT molecular complexity index is 3740. The van der Waals surface area contributed by atoms with Crippen molar-refractivity contribution >= 4 is 59.3 Å². The normalized spacial score (nSPS) is 12.6. The summed E-state index contributed by atoms with van der Waals surface area (Å²) >= 11 is 1.91. The lowest BCUT2D eigenvalue weighted by atomic mass is 9.68. The van der Waals surface area contributed by atoms with E-state index in [1.165, 1.54) is 97.7 Å². The third kappa shape index (κ3) is 6.22. The highest BCUT2D eigenvalue weighted by Crippen LogP contribution is 2.60. The van der Waals surface area contributed by atoms with Gasteiger partial charge < -0.3 is 4.90 Å². The molecule has 1 heterocycles. The standard InChI is InChI=1S/C65H43NS/c1-5-20-46(21-6-1)53-41-42-60(64-61(53)56-31-17-30-54(63(56)67-64)47-22-7-2-8-23-47)66(52-39-37-45(38-40-52)49-36-35-44-19-13-14-24-48(44)43-49)59-34-18-33-58-62(59)55-29-15-16-32-57(55)65(58,50-25-9-3-10-26-50)51-27-11-4-12-28-51/h1-43H. The Balaban J connectivity index is 1.12. The highest BCUT2D eigenvalue weighted by Gasteiger charge is 2.47. The van der Waals surface area contributed by atoms with Crippen molar-refractivity contribution in [3.63, 3.8) is 0 Å². The van der Waals surface area contributed by atoms with E-state index in [-0.39, 0.29) is 0 Å². The molecule has 0 atom stereocenters. The van der Waals surface area contributed by atoms with Crippen LogP contribution in [0.2, 0.25) is 0 Å². The van der Waals surface area contributed by atoms with Crippen LogP contribution in [-0.4, -0.2) is 0 Å². The summed E-state index contributed by atoms with van der Waals surface area (Å²) in [7, 11) is 0. The van der Waals surface area contributed by atoms with Crippen LogP contribution < -0.4 is 4.90 Å². The van der Waals surface area contributed by atoms with Gasteiger partial charge in [-0.1, -0.05) is 231 Å². The van der Waals surface area contributed by atoms with Gasteiger partial charge in [-0.15, -0.1) is 11.3 Å². The largest absolute Gasteiger partial charge is 0.308 e. The third-order valence-corrected chi connectivity index (χ3v) is 15.2. The van der Waals surface area contributed by atoms with Crippen molar-refractivity contribution in [3.8, 4) is 44.5 Å². The van der Waals surface area contributed by atoms with Crippen molar-refractivity contribution in [1.29, 1.82) is 0 Å². The lowest BCUT2D eigenvalue weighted by molar-refractivity contribution is 0.768. The molecule has 1 aliphatic carbocycles. The first-order valence-corrected chi connectivity index (χ1v) is 23.9. The molecule has 11 aromatic carbocycles. The van der Waals surface area contributed by atoms with Crippen LogP contribution in [-0.2, 0) is 5.41 Å². The summed E-state index contributed by atoms with van der Waals surface area (Å²) < 4.78 is 2.54. The number of benzene rings is 11. The van der Waals surface area contributed by atoms with Crippen LogP contribution in [0.25, 0.3) is 75.5 Å². The Hall–Kier alpha value is -8.30. The van der Waals surface area contributed by atoms with Crippen LogP contribution in [0.5, 0.6) is 0 Å². The average molecular weight is 870 g/mol. The predicted molar refractivity (Wildman–Crippen MR) is 285 cm³/mol. The van der Waals surface area contributed by atoms with E-state index in [0.29, 0.717) is 0 Å². The van der Waals surface area contributed by atoms with E-state index in [2.05, 4.69) is 266 Å². The molecular formula is C65H43NS. The first kappa shape index (κ1) is 39.1. The first-order chi connectivity index (χ1) is 33.3. The molecule has 314 valence electrons. The number of anilines is 3. The molecule has 0 unspecified atom stereocenters. The molecule has 1 aliphatic rings. The fraction of sp³-hybridized carbons (Fsp3) is 0.0154. The van der Waals surface area contributed by atoms with Gasteiger partial charge in [-0.25, -0.2) is 0 Å². The molecule has 13 rings (SSSR count). The molecule has 67 heavy (non-hydrogen) atoms. The molecule has 0 saturated heterocycles. The minimum Gasteiger partial charge on any atom is -0.308 e. The van der Waals surface area contributed by atoms with Crippen molar-refractivity contribution < 1.29 is 0 Å². The van der Waals surface area contributed by atoms with Gasteiger partial charge in [0.15, 0.2) is 0 Å². The Morgan fingerprint density at radius 3 is 1.61 bits per heavy atom. The number of rotatable bonds is 8. The monoisotopic (exact) mass is 869 g/mol. The summed E-state index contributed by atoms with van der Waals surface area (Å²) in [6.07, 6.45) is 0. The molecule has 0 radical (unpaired) electrons. The van der Waals surface area contributed by atoms with Gasteiger partial charge in [0, 0.05) is 26.7 Å². The predicted octanol–water partition coefficient (Wildman–Crippen LogP) is 18.0. The Morgan fingerprint density at radius 1 is 0.328 bits per heavy atom. The summed E-state index contributed by atoms with van der Waals surface area (Å²) in [6, 6.07) is 96.3. The minimum atomic E-state index is -0.537. The number of thiophene rings is 1. The van der Waals surface area contributed by atoms with Gasteiger partial charge in [-0.05, 0) is 102 Å². The molecule has 0 saturated carbocycles. The highest BCUT2D eigenvalue weighted by atomic mass is 32.1. The summed E-state index contributed by atoms with van der Waals surface area (Å²) in [6.45, 7) is 0. The van der Waals surface area contributed by atoms with Crippen LogP contribution in [0.1, 0.15) is 22.3 Å². The van der Waals surface area contributed by atoms with Gasteiger partial charge in [0.1, 0.15) is 0 Å². The Morgan fingerprint density at radius 2 is 0.896 bits per heavy atom. The van der Waals surface area contributed by atoms with Gasteiger partial charge in [-0.3, -0.25) is 0 Å². The van der Waals surface area contributed by atoms with E-state index in [4.69, 9.17) is 0 Å². The smallest absolute Gasteiger partial charge is 0.0714 e. The second kappa shape index (κ2) is 16.0. The summed E-state index contributed by atoms with van der Waals surface area (Å²) in [5, 5.41) is 5.03. The molecule has 1 nitrogen and oxygen atoms in total. The minimum absolute atomic E-state index is 0.537. The SMILES string of the molecule is c1ccc(-c2cccc3c2sc2c(N(c4ccc(-c5ccc6ccccc6c5)cc4)c4cccc5c4-c4ccccc4C5(c4ccccc4)c4ccccc4)ccc(-c4ccccc4)c23)cc1. The number of nitrogens with zero attached hydrogens (tertiary/aromatic N) is 1. The van der Waals surface area contributed by atoms with Gasteiger partial charge in [-0.2, -0.15) is 0 Å². The van der Waals surface area contributed by atoms with Crippen LogP contribution in [0.3, 0.4) is 0 Å². The van der Waals surface area contributed by atoms with Crippen molar-refractivity contribution in [2.75, 3.05) is 4.90 Å². The maximum Gasteiger partial charge on any atom is 0.0714 e. The van der Waals surface area contributed by atoms with Crippen molar-refractivity contribution in [2.45, 2.75) is 5.41 Å². The molecule has 0 amide bonds. The number of hydrogen-bond acceptors (Lipinski definition) is 2. The highest BCUT2D eigenvalue weighted by molar-refractivity contribution is 7.27.